The molecular formula is C17H25NO2S. The molecule has 0 amide bonds. The molecule has 0 aromatic heterocycles. The number of methoxy groups -OCH3 is 1. The number of benzene rings is 1. The first-order valence-electron chi connectivity index (χ1n) is 7.47. The first kappa shape index (κ1) is 16.4. The largest absolute Gasteiger partial charge is 0.469 e. The minimum atomic E-state index is -0.0960. The molecule has 1 aromatic carbocycles. The number of carbonyl (C=O) groups excluding carboxylic acids is 1. The minimum absolute atomic E-state index is 0.0880. The van der Waals surface area contributed by atoms with Gasteiger partial charge in [0, 0.05) is 17.0 Å². The van der Waals surface area contributed by atoms with Crippen molar-refractivity contribution in [2.45, 2.75) is 44.4 Å². The van der Waals surface area contributed by atoms with Gasteiger partial charge in [-0.05, 0) is 43.2 Å². The fraction of sp³-hybridized carbons (Fsp3) is 0.588. The Balaban J connectivity index is 2.02. The number of rotatable bonds is 7. The summed E-state index contributed by atoms with van der Waals surface area (Å²) in [6, 6.07) is 8.51. The maximum atomic E-state index is 11.5. The van der Waals surface area contributed by atoms with Gasteiger partial charge in [0.2, 0.25) is 0 Å². The topological polar surface area (TPSA) is 52.3 Å². The highest BCUT2D eigenvalue weighted by molar-refractivity contribution is 7.99. The Kier molecular flexibility index (Phi) is 5.33. The van der Waals surface area contributed by atoms with Gasteiger partial charge in [0.15, 0.2) is 0 Å². The van der Waals surface area contributed by atoms with E-state index in [1.807, 2.05) is 11.8 Å². The second-order valence-electron chi connectivity index (χ2n) is 6.20. The summed E-state index contributed by atoms with van der Waals surface area (Å²) < 4.78 is 4.81. The summed E-state index contributed by atoms with van der Waals surface area (Å²) in [4.78, 5) is 11.5. The summed E-state index contributed by atoms with van der Waals surface area (Å²) >= 11 is 1.89. The Morgan fingerprint density at radius 3 is 2.62 bits per heavy atom. The predicted octanol–water partition coefficient (Wildman–Crippen LogP) is 3.46. The summed E-state index contributed by atoms with van der Waals surface area (Å²) in [5, 5.41) is 0.279. The quantitative estimate of drug-likeness (QED) is 0.784. The van der Waals surface area contributed by atoms with Crippen molar-refractivity contribution in [3.8, 4) is 0 Å². The molecule has 2 atom stereocenters. The van der Waals surface area contributed by atoms with Crippen molar-refractivity contribution in [2.75, 3.05) is 12.9 Å². The number of thioether (sulfide) groups is 1. The molecule has 0 heterocycles. The van der Waals surface area contributed by atoms with Crippen molar-refractivity contribution in [1.29, 1.82) is 0 Å². The van der Waals surface area contributed by atoms with E-state index in [1.165, 1.54) is 18.2 Å². The van der Waals surface area contributed by atoms with E-state index in [-0.39, 0.29) is 22.7 Å². The molecule has 1 fully saturated rings. The van der Waals surface area contributed by atoms with Crippen LogP contribution >= 0.6 is 11.8 Å². The molecule has 2 unspecified atom stereocenters. The number of ether oxygens (including phenoxy) is 1. The van der Waals surface area contributed by atoms with Crippen molar-refractivity contribution in [1.82, 2.24) is 0 Å². The highest BCUT2D eigenvalue weighted by Crippen LogP contribution is 2.53. The lowest BCUT2D eigenvalue weighted by Crippen LogP contribution is -2.25. The number of esters is 1. The summed E-state index contributed by atoms with van der Waals surface area (Å²) in [6.45, 7) is 4.19. The lowest BCUT2D eigenvalue weighted by Gasteiger charge is -2.25. The van der Waals surface area contributed by atoms with Crippen molar-refractivity contribution < 1.29 is 9.53 Å². The molecule has 0 spiro atoms. The Hall–Kier alpha value is -1.00. The molecule has 1 aliphatic rings. The number of nitrogens with two attached hydrogens (primary N) is 1. The van der Waals surface area contributed by atoms with Crippen molar-refractivity contribution >= 4 is 17.7 Å². The maximum Gasteiger partial charge on any atom is 0.306 e. The third-order valence-electron chi connectivity index (χ3n) is 4.25. The van der Waals surface area contributed by atoms with Gasteiger partial charge in [-0.15, -0.1) is 0 Å². The van der Waals surface area contributed by atoms with Crippen LogP contribution < -0.4 is 5.73 Å². The summed E-state index contributed by atoms with van der Waals surface area (Å²) in [7, 11) is 1.46. The fourth-order valence-electron chi connectivity index (χ4n) is 2.62. The Labute approximate surface area is 131 Å². The van der Waals surface area contributed by atoms with Gasteiger partial charge in [-0.1, -0.05) is 24.3 Å². The average Bonchev–Trinajstić information content (AvgIpc) is 3.20. The third-order valence-corrected chi connectivity index (χ3v) is 6.07. The zero-order chi connectivity index (χ0) is 15.5. The number of carbonyl (C=O) groups is 1. The monoisotopic (exact) mass is 307 g/mol. The normalized spacial score (nSPS) is 18.9. The molecule has 0 radical (unpaired) electrons. The van der Waals surface area contributed by atoms with Crippen LogP contribution in [0.4, 0.5) is 0 Å². The zero-order valence-corrected chi connectivity index (χ0v) is 13.9. The second kappa shape index (κ2) is 6.84. The summed E-state index contributed by atoms with van der Waals surface area (Å²) in [5.74, 6) is 0.879. The molecule has 1 aromatic rings. The Morgan fingerprint density at radius 2 is 2.10 bits per heavy atom. The van der Waals surface area contributed by atoms with Gasteiger partial charge in [0.05, 0.1) is 13.5 Å². The van der Waals surface area contributed by atoms with Crippen LogP contribution in [0.15, 0.2) is 24.3 Å². The van der Waals surface area contributed by atoms with Gasteiger partial charge in [0.1, 0.15) is 0 Å². The lowest BCUT2D eigenvalue weighted by molar-refractivity contribution is -0.141. The van der Waals surface area contributed by atoms with Gasteiger partial charge in [-0.3, -0.25) is 4.79 Å². The maximum absolute atomic E-state index is 11.5. The van der Waals surface area contributed by atoms with Crippen molar-refractivity contribution in [2.24, 2.45) is 11.1 Å². The first-order valence-corrected chi connectivity index (χ1v) is 8.52. The van der Waals surface area contributed by atoms with E-state index >= 15 is 0 Å². The third kappa shape index (κ3) is 4.24. The first-order chi connectivity index (χ1) is 9.97. The van der Waals surface area contributed by atoms with Gasteiger partial charge < -0.3 is 10.5 Å². The minimum Gasteiger partial charge on any atom is -0.469 e. The van der Waals surface area contributed by atoms with Crippen LogP contribution in [0.25, 0.3) is 0 Å². The van der Waals surface area contributed by atoms with Crippen LogP contribution in [0.1, 0.15) is 42.6 Å². The van der Waals surface area contributed by atoms with E-state index in [0.29, 0.717) is 6.42 Å². The number of hydrogen-bond acceptors (Lipinski definition) is 4. The van der Waals surface area contributed by atoms with Crippen LogP contribution in [0, 0.1) is 12.3 Å². The molecular weight excluding hydrogens is 282 g/mol. The van der Waals surface area contributed by atoms with Crippen LogP contribution in [-0.4, -0.2) is 24.9 Å². The van der Waals surface area contributed by atoms with Crippen LogP contribution in [0.5, 0.6) is 0 Å². The van der Waals surface area contributed by atoms with Gasteiger partial charge in [-0.25, -0.2) is 0 Å². The van der Waals surface area contributed by atoms with Crippen molar-refractivity contribution in [3.05, 3.63) is 35.4 Å². The van der Waals surface area contributed by atoms with E-state index < -0.39 is 0 Å². The molecule has 0 saturated heterocycles. The molecule has 21 heavy (non-hydrogen) atoms. The SMILES string of the molecule is COC(=O)CC1(CSC(c2ccccc2C)C(C)N)CC1. The smallest absolute Gasteiger partial charge is 0.306 e. The summed E-state index contributed by atoms with van der Waals surface area (Å²) in [6.07, 6.45) is 2.78. The number of aryl methyl sites for hydroxylation is 1. The molecule has 2 N–H and O–H groups in total. The standard InChI is InChI=1S/C17H25NO2S/c1-12-6-4-5-7-14(12)16(13(2)18)21-11-17(8-9-17)10-15(19)20-3/h4-7,13,16H,8-11,18H2,1-3H3. The summed E-state index contributed by atoms with van der Waals surface area (Å²) in [5.41, 5.74) is 8.94. The predicted molar refractivity (Wildman–Crippen MR) is 88.3 cm³/mol. The van der Waals surface area contributed by atoms with Crippen LogP contribution in [-0.2, 0) is 9.53 Å². The second-order valence-corrected chi connectivity index (χ2v) is 7.33. The molecule has 0 aliphatic heterocycles. The molecule has 1 saturated carbocycles. The molecule has 1 aliphatic carbocycles. The average molecular weight is 307 g/mol. The van der Waals surface area contributed by atoms with Gasteiger partial charge >= 0.3 is 5.97 Å². The highest BCUT2D eigenvalue weighted by Gasteiger charge is 2.45. The fourth-order valence-corrected chi connectivity index (χ4v) is 4.30. The zero-order valence-electron chi connectivity index (χ0n) is 13.1. The van der Waals surface area contributed by atoms with E-state index in [9.17, 15) is 4.79 Å². The molecule has 3 nitrogen and oxygen atoms in total. The van der Waals surface area contributed by atoms with Gasteiger partial charge in [-0.2, -0.15) is 11.8 Å². The van der Waals surface area contributed by atoms with E-state index in [2.05, 4.69) is 38.1 Å². The Morgan fingerprint density at radius 1 is 1.43 bits per heavy atom. The molecule has 0 bridgehead atoms. The molecule has 2 rings (SSSR count). The molecule has 116 valence electrons. The van der Waals surface area contributed by atoms with Crippen molar-refractivity contribution in [3.63, 3.8) is 0 Å². The van der Waals surface area contributed by atoms with Gasteiger partial charge in [0.25, 0.3) is 0 Å². The lowest BCUT2D eigenvalue weighted by atomic mass is 10.0. The Bertz CT molecular complexity index is 497. The highest BCUT2D eigenvalue weighted by atomic mass is 32.2. The van der Waals surface area contributed by atoms with E-state index in [0.717, 1.165) is 18.6 Å². The van der Waals surface area contributed by atoms with E-state index in [4.69, 9.17) is 10.5 Å². The van der Waals surface area contributed by atoms with Crippen LogP contribution in [0.3, 0.4) is 0 Å². The molecule has 4 heteroatoms. The van der Waals surface area contributed by atoms with E-state index in [1.54, 1.807) is 0 Å². The number of hydrogen-bond donors (Lipinski definition) is 1. The van der Waals surface area contributed by atoms with Crippen LogP contribution in [0.2, 0.25) is 0 Å².